The van der Waals surface area contributed by atoms with Gasteiger partial charge in [0.25, 0.3) is 0 Å². The van der Waals surface area contributed by atoms with E-state index < -0.39 is 5.97 Å². The zero-order valence-corrected chi connectivity index (χ0v) is 11.6. The van der Waals surface area contributed by atoms with Gasteiger partial charge < -0.3 is 15.3 Å². The second-order valence-electron chi connectivity index (χ2n) is 4.92. The van der Waals surface area contributed by atoms with Crippen LogP contribution >= 0.6 is 0 Å². The van der Waals surface area contributed by atoms with E-state index in [-0.39, 0.29) is 23.3 Å². The Hall–Kier alpha value is -2.63. The first kappa shape index (κ1) is 14.8. The van der Waals surface area contributed by atoms with Gasteiger partial charge in [-0.2, -0.15) is 0 Å². The van der Waals surface area contributed by atoms with Crippen molar-refractivity contribution in [2.45, 2.75) is 13.3 Å². The molecule has 6 heteroatoms. The fraction of sp³-hybridized carbons (Fsp3) is 0.267. The normalized spacial score (nSPS) is 17.7. The van der Waals surface area contributed by atoms with Crippen molar-refractivity contribution in [3.05, 3.63) is 36.4 Å². The highest BCUT2D eigenvalue weighted by molar-refractivity contribution is 6.04. The number of nitrogens with zero attached hydrogens (tertiary/aromatic N) is 1. The van der Waals surface area contributed by atoms with Gasteiger partial charge in [0.2, 0.25) is 11.8 Å². The summed E-state index contributed by atoms with van der Waals surface area (Å²) in [5, 5.41) is 11.9. The number of hydrogen-bond acceptors (Lipinski definition) is 3. The van der Waals surface area contributed by atoms with Crippen LogP contribution in [-0.4, -0.2) is 29.4 Å². The van der Waals surface area contributed by atoms with E-state index in [2.05, 4.69) is 11.9 Å². The lowest BCUT2D eigenvalue weighted by Gasteiger charge is -2.19. The second kappa shape index (κ2) is 5.78. The van der Waals surface area contributed by atoms with Gasteiger partial charge in [0.1, 0.15) is 0 Å². The summed E-state index contributed by atoms with van der Waals surface area (Å²) in [7, 11) is 0. The molecule has 0 aromatic heterocycles. The summed E-state index contributed by atoms with van der Waals surface area (Å²) < 4.78 is 0. The lowest BCUT2D eigenvalue weighted by atomic mass is 10.1. The minimum Gasteiger partial charge on any atom is -0.478 e. The summed E-state index contributed by atoms with van der Waals surface area (Å²) in [6, 6.07) is 4.48. The van der Waals surface area contributed by atoms with Crippen LogP contribution in [0.15, 0.2) is 30.9 Å². The van der Waals surface area contributed by atoms with Crippen molar-refractivity contribution in [3.63, 3.8) is 0 Å². The van der Waals surface area contributed by atoms with Crippen LogP contribution in [0.25, 0.3) is 0 Å². The fourth-order valence-corrected chi connectivity index (χ4v) is 2.35. The average molecular weight is 288 g/mol. The zero-order valence-electron chi connectivity index (χ0n) is 11.6. The zero-order chi connectivity index (χ0) is 15.6. The predicted octanol–water partition coefficient (Wildman–Crippen LogP) is 1.88. The number of carbonyl (C=O) groups excluding carboxylic acids is 2. The Kier molecular flexibility index (Phi) is 4.07. The number of carboxylic acid groups (broad SMARTS) is 1. The van der Waals surface area contributed by atoms with Crippen LogP contribution in [0.3, 0.4) is 0 Å². The first-order chi connectivity index (χ1) is 9.92. The van der Waals surface area contributed by atoms with Crippen LogP contribution < -0.4 is 10.2 Å². The molecule has 1 atom stereocenters. The van der Waals surface area contributed by atoms with Gasteiger partial charge in [-0.25, -0.2) is 4.79 Å². The third-order valence-corrected chi connectivity index (χ3v) is 3.33. The van der Waals surface area contributed by atoms with Crippen LogP contribution in [0.1, 0.15) is 23.7 Å². The largest absolute Gasteiger partial charge is 0.478 e. The number of aromatic carboxylic acids is 1. The van der Waals surface area contributed by atoms with Crippen molar-refractivity contribution in [3.8, 4) is 0 Å². The van der Waals surface area contributed by atoms with Gasteiger partial charge in [-0.05, 0) is 18.2 Å². The Balaban J connectivity index is 2.39. The summed E-state index contributed by atoms with van der Waals surface area (Å²) in [5.41, 5.74) is 0.709. The molecule has 110 valence electrons. The molecule has 0 radical (unpaired) electrons. The van der Waals surface area contributed by atoms with Gasteiger partial charge in [-0.15, -0.1) is 6.58 Å². The summed E-state index contributed by atoms with van der Waals surface area (Å²) in [6.07, 6.45) is 2.03. The number of amides is 2. The number of anilines is 2. The lowest BCUT2D eigenvalue weighted by Crippen LogP contribution is -2.26. The van der Waals surface area contributed by atoms with Crippen molar-refractivity contribution >= 4 is 29.2 Å². The molecular weight excluding hydrogens is 272 g/mol. The third-order valence-electron chi connectivity index (χ3n) is 3.33. The van der Waals surface area contributed by atoms with Crippen LogP contribution in [0, 0.1) is 5.92 Å². The van der Waals surface area contributed by atoms with Crippen molar-refractivity contribution in [2.24, 2.45) is 5.92 Å². The molecule has 1 aliphatic rings. The van der Waals surface area contributed by atoms with Crippen LogP contribution in [0.4, 0.5) is 11.4 Å². The molecule has 21 heavy (non-hydrogen) atoms. The molecule has 2 amide bonds. The Morgan fingerprint density at radius 2 is 2.19 bits per heavy atom. The quantitative estimate of drug-likeness (QED) is 0.828. The molecule has 6 nitrogen and oxygen atoms in total. The number of carboxylic acids is 1. The predicted molar refractivity (Wildman–Crippen MR) is 78.4 cm³/mol. The third kappa shape index (κ3) is 3.10. The topological polar surface area (TPSA) is 86.7 Å². The van der Waals surface area contributed by atoms with Crippen LogP contribution in [0.5, 0.6) is 0 Å². The molecule has 1 aliphatic heterocycles. The molecule has 2 rings (SSSR count). The van der Waals surface area contributed by atoms with E-state index in [1.807, 2.05) is 0 Å². The summed E-state index contributed by atoms with van der Waals surface area (Å²) in [6.45, 7) is 5.43. The molecular formula is C15H16N2O4. The SMILES string of the molecule is C=CC1CC(=O)N(c2ccc(NC(C)=O)cc2C(=O)O)C1. The Labute approximate surface area is 122 Å². The minimum absolute atomic E-state index is 0.0145. The maximum absolute atomic E-state index is 12.0. The van der Waals surface area contributed by atoms with Crippen molar-refractivity contribution < 1.29 is 19.5 Å². The first-order valence-electron chi connectivity index (χ1n) is 6.50. The Morgan fingerprint density at radius 3 is 2.71 bits per heavy atom. The standard InChI is InChI=1S/C15H16N2O4/c1-3-10-6-14(19)17(8-10)13-5-4-11(16-9(2)18)7-12(13)15(20)21/h3-5,7,10H,1,6,8H2,2H3,(H,16,18)(H,20,21). The van der Waals surface area contributed by atoms with E-state index in [1.54, 1.807) is 12.1 Å². The summed E-state index contributed by atoms with van der Waals surface area (Å²) in [5.74, 6) is -1.54. The van der Waals surface area contributed by atoms with Gasteiger partial charge >= 0.3 is 5.97 Å². The second-order valence-corrected chi connectivity index (χ2v) is 4.92. The van der Waals surface area contributed by atoms with Crippen LogP contribution in [-0.2, 0) is 9.59 Å². The molecule has 1 heterocycles. The summed E-state index contributed by atoms with van der Waals surface area (Å²) in [4.78, 5) is 35.9. The minimum atomic E-state index is -1.15. The molecule has 0 aliphatic carbocycles. The van der Waals surface area contributed by atoms with Gasteiger partial charge in [-0.1, -0.05) is 6.08 Å². The Bertz CT molecular complexity index is 624. The van der Waals surface area contributed by atoms with Crippen molar-refractivity contribution in [1.82, 2.24) is 0 Å². The highest BCUT2D eigenvalue weighted by Gasteiger charge is 2.31. The van der Waals surface area contributed by atoms with E-state index in [4.69, 9.17) is 0 Å². The molecule has 0 spiro atoms. The molecule has 2 N–H and O–H groups in total. The van der Waals surface area contributed by atoms with Crippen molar-refractivity contribution in [2.75, 3.05) is 16.8 Å². The van der Waals surface area contributed by atoms with Gasteiger partial charge in [0, 0.05) is 31.5 Å². The number of nitrogens with one attached hydrogen (secondary N) is 1. The smallest absolute Gasteiger partial charge is 0.337 e. The number of hydrogen-bond donors (Lipinski definition) is 2. The first-order valence-corrected chi connectivity index (χ1v) is 6.50. The maximum Gasteiger partial charge on any atom is 0.337 e. The van der Waals surface area contributed by atoms with Gasteiger partial charge in [0.15, 0.2) is 0 Å². The Morgan fingerprint density at radius 1 is 1.48 bits per heavy atom. The van der Waals surface area contributed by atoms with E-state index in [9.17, 15) is 19.5 Å². The van der Waals surface area contributed by atoms with Gasteiger partial charge in [-0.3, -0.25) is 9.59 Å². The number of carbonyl (C=O) groups is 3. The molecule has 1 saturated heterocycles. The number of benzene rings is 1. The molecule has 1 unspecified atom stereocenters. The van der Waals surface area contributed by atoms with E-state index >= 15 is 0 Å². The molecule has 1 aromatic rings. The van der Waals surface area contributed by atoms with E-state index in [0.29, 0.717) is 24.3 Å². The molecule has 0 saturated carbocycles. The van der Waals surface area contributed by atoms with Gasteiger partial charge in [0.05, 0.1) is 11.3 Å². The van der Waals surface area contributed by atoms with E-state index in [0.717, 1.165) is 0 Å². The van der Waals surface area contributed by atoms with Crippen molar-refractivity contribution in [1.29, 1.82) is 0 Å². The molecule has 0 bridgehead atoms. The highest BCUT2D eigenvalue weighted by Crippen LogP contribution is 2.30. The average Bonchev–Trinajstić information content (AvgIpc) is 2.79. The van der Waals surface area contributed by atoms with E-state index in [1.165, 1.54) is 24.0 Å². The highest BCUT2D eigenvalue weighted by atomic mass is 16.4. The number of rotatable bonds is 4. The molecule has 1 fully saturated rings. The maximum atomic E-state index is 12.0. The van der Waals surface area contributed by atoms with Crippen LogP contribution in [0.2, 0.25) is 0 Å². The molecule has 1 aromatic carbocycles. The summed E-state index contributed by atoms with van der Waals surface area (Å²) >= 11 is 0. The fourth-order valence-electron chi connectivity index (χ4n) is 2.35. The lowest BCUT2D eigenvalue weighted by molar-refractivity contribution is -0.117. The monoisotopic (exact) mass is 288 g/mol.